The van der Waals surface area contributed by atoms with E-state index in [0.717, 1.165) is 35.4 Å². The maximum atomic E-state index is 13.0. The highest BCUT2D eigenvalue weighted by Gasteiger charge is 2.37. The van der Waals surface area contributed by atoms with E-state index in [-0.39, 0.29) is 11.3 Å². The van der Waals surface area contributed by atoms with Gasteiger partial charge < -0.3 is 15.1 Å². The number of thiophene rings is 1. The zero-order chi connectivity index (χ0) is 21.9. The normalized spacial score (nSPS) is 20.6. The molecule has 0 radical (unpaired) electrons. The lowest BCUT2D eigenvalue weighted by Crippen LogP contribution is -2.38. The molecule has 3 heterocycles. The molecule has 0 fully saturated rings. The van der Waals surface area contributed by atoms with E-state index >= 15 is 0 Å². The lowest BCUT2D eigenvalue weighted by Gasteiger charge is -2.34. The van der Waals surface area contributed by atoms with Crippen molar-refractivity contribution in [3.05, 3.63) is 62.1 Å². The van der Waals surface area contributed by atoms with Crippen molar-refractivity contribution >= 4 is 45.4 Å². The van der Waals surface area contributed by atoms with Gasteiger partial charge in [-0.1, -0.05) is 44.0 Å². The minimum absolute atomic E-state index is 0.0331. The third kappa shape index (κ3) is 3.88. The molecule has 1 aliphatic heterocycles. The summed E-state index contributed by atoms with van der Waals surface area (Å²) < 4.78 is 6.06. The minimum Gasteiger partial charge on any atom is -0.457 e. The molecular formula is C24H24Cl2N2O2S. The van der Waals surface area contributed by atoms with Gasteiger partial charge in [-0.25, -0.2) is 0 Å². The summed E-state index contributed by atoms with van der Waals surface area (Å²) in [7, 11) is 0. The molecule has 3 aromatic rings. The highest BCUT2D eigenvalue weighted by molar-refractivity contribution is 7.16. The number of anilines is 1. The molecule has 162 valence electrons. The minimum atomic E-state index is -0.415. The first kappa shape index (κ1) is 20.9. The molecule has 0 bridgehead atoms. The third-order valence-electron chi connectivity index (χ3n) is 6.33. The van der Waals surface area contributed by atoms with Gasteiger partial charge in [0.05, 0.1) is 5.56 Å². The summed E-state index contributed by atoms with van der Waals surface area (Å²) in [6.45, 7) is 6.91. The molecule has 4 nitrogen and oxygen atoms in total. The predicted octanol–water partition coefficient (Wildman–Crippen LogP) is 7.32. The van der Waals surface area contributed by atoms with Crippen LogP contribution in [0.2, 0.25) is 10.0 Å². The summed E-state index contributed by atoms with van der Waals surface area (Å²) >= 11 is 14.0. The molecule has 0 spiro atoms. The average molecular weight is 475 g/mol. The average Bonchev–Trinajstić information content (AvgIpc) is 3.31. The van der Waals surface area contributed by atoms with Gasteiger partial charge in [0.25, 0.3) is 5.91 Å². The van der Waals surface area contributed by atoms with Crippen molar-refractivity contribution in [3.63, 3.8) is 0 Å². The Morgan fingerprint density at radius 3 is 2.55 bits per heavy atom. The summed E-state index contributed by atoms with van der Waals surface area (Å²) in [5, 5.41) is 8.59. The van der Waals surface area contributed by atoms with E-state index in [1.165, 1.54) is 10.4 Å². The van der Waals surface area contributed by atoms with Crippen molar-refractivity contribution in [1.82, 2.24) is 5.32 Å². The quantitative estimate of drug-likeness (QED) is 0.408. The Morgan fingerprint density at radius 1 is 1.10 bits per heavy atom. The molecule has 2 N–H and O–H groups in total. The SMILES string of the molecule is CC(C)(C)C1CCc2c(sc3c2C(=O)NC(c2ccc(-c4cc(Cl)cc(Cl)c4)o2)N3)C1. The van der Waals surface area contributed by atoms with Crippen molar-refractivity contribution in [2.75, 3.05) is 5.32 Å². The van der Waals surface area contributed by atoms with Gasteiger partial charge in [-0.2, -0.15) is 0 Å². The van der Waals surface area contributed by atoms with Crippen molar-refractivity contribution in [1.29, 1.82) is 0 Å². The number of furan rings is 1. The zero-order valence-corrected chi connectivity index (χ0v) is 20.0. The second-order valence-corrected chi connectivity index (χ2v) is 11.4. The van der Waals surface area contributed by atoms with Gasteiger partial charge in [-0.05, 0) is 66.5 Å². The topological polar surface area (TPSA) is 54.3 Å². The van der Waals surface area contributed by atoms with E-state index < -0.39 is 6.17 Å². The molecule has 1 aliphatic carbocycles. The number of carbonyl (C=O) groups is 1. The van der Waals surface area contributed by atoms with Crippen LogP contribution in [0.4, 0.5) is 5.00 Å². The summed E-state index contributed by atoms with van der Waals surface area (Å²) in [5.41, 5.74) is 3.11. The Hall–Kier alpha value is -1.95. The van der Waals surface area contributed by atoms with Crippen molar-refractivity contribution < 1.29 is 9.21 Å². The lowest BCUT2D eigenvalue weighted by molar-refractivity contribution is 0.0930. The van der Waals surface area contributed by atoms with Crippen LogP contribution < -0.4 is 10.6 Å². The Balaban J connectivity index is 1.42. The maximum absolute atomic E-state index is 13.0. The lowest BCUT2D eigenvalue weighted by atomic mass is 9.72. The fourth-order valence-corrected chi connectivity index (χ4v) is 6.42. The third-order valence-corrected chi connectivity index (χ3v) is 7.95. The van der Waals surface area contributed by atoms with Crippen LogP contribution in [0.3, 0.4) is 0 Å². The van der Waals surface area contributed by atoms with Crippen LogP contribution in [0, 0.1) is 11.3 Å². The Morgan fingerprint density at radius 2 is 1.84 bits per heavy atom. The van der Waals surface area contributed by atoms with E-state index in [2.05, 4.69) is 31.4 Å². The molecule has 31 heavy (non-hydrogen) atoms. The summed E-state index contributed by atoms with van der Waals surface area (Å²) in [4.78, 5) is 14.4. The zero-order valence-electron chi connectivity index (χ0n) is 17.6. The van der Waals surface area contributed by atoms with Gasteiger partial charge in [-0.15, -0.1) is 11.3 Å². The molecule has 0 saturated heterocycles. The number of hydrogen-bond donors (Lipinski definition) is 2. The Labute approximate surface area is 195 Å². The summed E-state index contributed by atoms with van der Waals surface area (Å²) in [6, 6.07) is 9.04. The molecule has 7 heteroatoms. The number of nitrogens with one attached hydrogen (secondary N) is 2. The van der Waals surface area contributed by atoms with E-state index in [4.69, 9.17) is 27.6 Å². The van der Waals surface area contributed by atoms with Crippen LogP contribution in [0.15, 0.2) is 34.7 Å². The number of halogens is 2. The molecule has 2 aromatic heterocycles. The molecule has 2 unspecified atom stereocenters. The van der Waals surface area contributed by atoms with Crippen LogP contribution in [0.1, 0.15) is 59.9 Å². The van der Waals surface area contributed by atoms with Crippen molar-refractivity contribution in [2.45, 2.75) is 46.2 Å². The fourth-order valence-electron chi connectivity index (χ4n) is 4.54. The van der Waals surface area contributed by atoms with Crippen molar-refractivity contribution in [3.8, 4) is 11.3 Å². The van der Waals surface area contributed by atoms with Gasteiger partial charge in [-0.3, -0.25) is 4.79 Å². The van der Waals surface area contributed by atoms with Gasteiger partial charge in [0.1, 0.15) is 16.5 Å². The first-order chi connectivity index (χ1) is 14.7. The predicted molar refractivity (Wildman–Crippen MR) is 127 cm³/mol. The number of rotatable bonds is 2. The van der Waals surface area contributed by atoms with Gasteiger partial charge in [0, 0.05) is 20.5 Å². The van der Waals surface area contributed by atoms with Gasteiger partial charge in [0.2, 0.25) is 0 Å². The van der Waals surface area contributed by atoms with E-state index in [9.17, 15) is 4.79 Å². The molecule has 5 rings (SSSR count). The fraction of sp³-hybridized carbons (Fsp3) is 0.375. The molecule has 1 aromatic carbocycles. The number of hydrogen-bond acceptors (Lipinski definition) is 4. The van der Waals surface area contributed by atoms with Crippen molar-refractivity contribution in [2.24, 2.45) is 11.3 Å². The Kier molecular flexibility index (Phi) is 5.11. The summed E-state index contributed by atoms with van der Waals surface area (Å²) in [5.74, 6) is 1.90. The molecular weight excluding hydrogens is 451 g/mol. The van der Waals surface area contributed by atoms with Crippen LogP contribution in [-0.2, 0) is 12.8 Å². The highest BCUT2D eigenvalue weighted by atomic mass is 35.5. The number of fused-ring (bicyclic) bond motifs is 3. The highest BCUT2D eigenvalue weighted by Crippen LogP contribution is 2.46. The van der Waals surface area contributed by atoms with Gasteiger partial charge >= 0.3 is 0 Å². The smallest absolute Gasteiger partial charge is 0.256 e. The number of carbonyl (C=O) groups excluding carboxylic acids is 1. The second kappa shape index (κ2) is 7.58. The second-order valence-electron chi connectivity index (χ2n) is 9.42. The maximum Gasteiger partial charge on any atom is 0.256 e. The molecule has 0 saturated carbocycles. The monoisotopic (exact) mass is 474 g/mol. The molecule has 2 aliphatic rings. The Bertz CT molecular complexity index is 1150. The van der Waals surface area contributed by atoms with Crippen LogP contribution in [0.25, 0.3) is 11.3 Å². The van der Waals surface area contributed by atoms with E-state index in [1.807, 2.05) is 12.1 Å². The first-order valence-electron chi connectivity index (χ1n) is 10.5. The first-order valence-corrected chi connectivity index (χ1v) is 12.0. The van der Waals surface area contributed by atoms with Crippen LogP contribution >= 0.6 is 34.5 Å². The van der Waals surface area contributed by atoms with E-state index in [1.54, 1.807) is 29.5 Å². The van der Waals surface area contributed by atoms with Gasteiger partial charge in [0.15, 0.2) is 6.17 Å². The number of amides is 1. The standard InChI is InChI=1S/C24H24Cl2N2O2S/c1-24(2,3)13-4-5-16-19(10-13)31-23-20(16)22(29)27-21(28-23)18-7-6-17(30-18)12-8-14(25)11-15(26)9-12/h6-9,11,13,21,28H,4-5,10H2,1-3H3,(H,27,29). The molecule has 1 amide bonds. The largest absolute Gasteiger partial charge is 0.457 e. The van der Waals surface area contributed by atoms with E-state index in [0.29, 0.717) is 27.5 Å². The van der Waals surface area contributed by atoms with Crippen LogP contribution in [0.5, 0.6) is 0 Å². The molecule has 2 atom stereocenters. The number of benzene rings is 1. The van der Waals surface area contributed by atoms with Crippen LogP contribution in [-0.4, -0.2) is 5.91 Å². The summed E-state index contributed by atoms with van der Waals surface area (Å²) in [6.07, 6.45) is 2.71.